The molecule has 3 atom stereocenters. The highest BCUT2D eigenvalue weighted by molar-refractivity contribution is 6.00. The van der Waals surface area contributed by atoms with Crippen LogP contribution in [0.2, 0.25) is 0 Å². The standard InChI is InChI=1S/C22H33N3O4/c1-14-11-24(3)15(2)13-29-19-9-8-17(23-21(26)16-6-7-16)10-18(19)22(27)25(4)12-20(14)28-5/h8-10,14-16,20H,6-7,11-13H2,1-5H3,(H,23,26)/t14-,15+,20+/m0/s1. The van der Waals surface area contributed by atoms with Crippen molar-refractivity contribution in [1.82, 2.24) is 9.80 Å². The van der Waals surface area contributed by atoms with Gasteiger partial charge in [0.15, 0.2) is 0 Å². The van der Waals surface area contributed by atoms with Gasteiger partial charge >= 0.3 is 0 Å². The molecule has 0 bridgehead atoms. The Morgan fingerprint density at radius 2 is 1.93 bits per heavy atom. The number of carbonyl (C=O) groups excluding carboxylic acids is 2. The van der Waals surface area contributed by atoms with E-state index in [1.807, 2.05) is 0 Å². The third kappa shape index (κ3) is 5.28. The van der Waals surface area contributed by atoms with Gasteiger partial charge in [0, 0.05) is 44.9 Å². The molecule has 0 radical (unpaired) electrons. The van der Waals surface area contributed by atoms with Crippen LogP contribution in [-0.4, -0.2) is 74.7 Å². The van der Waals surface area contributed by atoms with Gasteiger partial charge in [-0.2, -0.15) is 0 Å². The smallest absolute Gasteiger partial charge is 0.257 e. The number of methoxy groups -OCH3 is 1. The molecule has 1 aromatic carbocycles. The summed E-state index contributed by atoms with van der Waals surface area (Å²) in [5.74, 6) is 0.771. The van der Waals surface area contributed by atoms with Crippen molar-refractivity contribution in [1.29, 1.82) is 0 Å². The van der Waals surface area contributed by atoms with Gasteiger partial charge in [-0.15, -0.1) is 0 Å². The van der Waals surface area contributed by atoms with E-state index in [0.717, 1.165) is 19.4 Å². The minimum Gasteiger partial charge on any atom is -0.491 e. The molecule has 2 aliphatic rings. The number of nitrogens with one attached hydrogen (secondary N) is 1. The molecule has 0 unspecified atom stereocenters. The monoisotopic (exact) mass is 403 g/mol. The van der Waals surface area contributed by atoms with Crippen molar-refractivity contribution in [2.75, 3.05) is 46.2 Å². The van der Waals surface area contributed by atoms with Crippen LogP contribution in [-0.2, 0) is 9.53 Å². The van der Waals surface area contributed by atoms with Crippen molar-refractivity contribution in [3.05, 3.63) is 23.8 Å². The van der Waals surface area contributed by atoms with E-state index in [-0.39, 0.29) is 35.8 Å². The van der Waals surface area contributed by atoms with Gasteiger partial charge < -0.3 is 19.7 Å². The lowest BCUT2D eigenvalue weighted by molar-refractivity contribution is -0.117. The van der Waals surface area contributed by atoms with E-state index in [2.05, 4.69) is 31.1 Å². The predicted molar refractivity (Wildman–Crippen MR) is 112 cm³/mol. The number of rotatable bonds is 3. The summed E-state index contributed by atoms with van der Waals surface area (Å²) >= 11 is 0. The zero-order valence-electron chi connectivity index (χ0n) is 18.1. The first-order valence-corrected chi connectivity index (χ1v) is 10.4. The number of amides is 2. The van der Waals surface area contributed by atoms with E-state index in [4.69, 9.17) is 9.47 Å². The minimum atomic E-state index is -0.140. The van der Waals surface area contributed by atoms with Crippen LogP contribution in [0.5, 0.6) is 5.75 Å². The molecule has 0 saturated heterocycles. The lowest BCUT2D eigenvalue weighted by Gasteiger charge is -2.34. The lowest BCUT2D eigenvalue weighted by Crippen LogP contribution is -2.45. The van der Waals surface area contributed by atoms with Crippen LogP contribution >= 0.6 is 0 Å². The van der Waals surface area contributed by atoms with Crippen molar-refractivity contribution < 1.29 is 19.1 Å². The summed E-state index contributed by atoms with van der Waals surface area (Å²) in [5, 5.41) is 2.92. The number of fused-ring (bicyclic) bond motifs is 1. The normalized spacial score (nSPS) is 26.7. The number of hydrogen-bond acceptors (Lipinski definition) is 5. The van der Waals surface area contributed by atoms with E-state index in [1.165, 1.54) is 0 Å². The Morgan fingerprint density at radius 3 is 2.59 bits per heavy atom. The highest BCUT2D eigenvalue weighted by atomic mass is 16.5. The number of carbonyl (C=O) groups is 2. The van der Waals surface area contributed by atoms with E-state index >= 15 is 0 Å². The van der Waals surface area contributed by atoms with Gasteiger partial charge in [-0.1, -0.05) is 6.92 Å². The van der Waals surface area contributed by atoms with Crippen LogP contribution in [0.15, 0.2) is 18.2 Å². The second-order valence-electron chi connectivity index (χ2n) is 8.51. The molecule has 2 amide bonds. The topological polar surface area (TPSA) is 71.1 Å². The van der Waals surface area contributed by atoms with Crippen molar-refractivity contribution in [3.8, 4) is 5.75 Å². The summed E-state index contributed by atoms with van der Waals surface area (Å²) in [6, 6.07) is 5.48. The van der Waals surface area contributed by atoms with E-state index in [1.54, 1.807) is 37.3 Å². The lowest BCUT2D eigenvalue weighted by atomic mass is 10.0. The molecule has 3 rings (SSSR count). The first-order chi connectivity index (χ1) is 13.8. The molecular formula is C22H33N3O4. The highest BCUT2D eigenvalue weighted by Gasteiger charge is 2.30. The Hall–Kier alpha value is -2.12. The molecule has 160 valence electrons. The number of ether oxygens (including phenoxy) is 2. The van der Waals surface area contributed by atoms with Crippen molar-refractivity contribution in [2.24, 2.45) is 11.8 Å². The number of likely N-dealkylation sites (N-methyl/N-ethyl adjacent to an activating group) is 2. The Kier molecular flexibility index (Phi) is 6.80. The molecule has 1 saturated carbocycles. The number of hydrogen-bond donors (Lipinski definition) is 1. The Bertz CT molecular complexity index is 750. The molecule has 7 heteroatoms. The zero-order valence-corrected chi connectivity index (χ0v) is 18.1. The average molecular weight is 404 g/mol. The predicted octanol–water partition coefficient (Wildman–Crippen LogP) is 2.47. The van der Waals surface area contributed by atoms with Gasteiger partial charge in [-0.3, -0.25) is 14.5 Å². The summed E-state index contributed by atoms with van der Waals surface area (Å²) in [4.78, 5) is 29.3. The molecule has 0 spiro atoms. The molecule has 1 fully saturated rings. The number of nitrogens with zero attached hydrogens (tertiary/aromatic N) is 2. The first-order valence-electron chi connectivity index (χ1n) is 10.4. The van der Waals surface area contributed by atoms with Gasteiger partial charge in [0.05, 0.1) is 11.7 Å². The summed E-state index contributed by atoms with van der Waals surface area (Å²) < 4.78 is 11.7. The minimum absolute atomic E-state index is 0.0170. The third-order valence-electron chi connectivity index (χ3n) is 5.97. The van der Waals surface area contributed by atoms with Crippen LogP contribution in [0, 0.1) is 11.8 Å². The highest BCUT2D eigenvalue weighted by Crippen LogP contribution is 2.31. The molecule has 1 aliphatic heterocycles. The summed E-state index contributed by atoms with van der Waals surface area (Å²) in [5.41, 5.74) is 1.08. The molecular weight excluding hydrogens is 370 g/mol. The molecule has 1 aliphatic carbocycles. The molecule has 1 aromatic rings. The fourth-order valence-electron chi connectivity index (χ4n) is 3.63. The second kappa shape index (κ2) is 9.13. The van der Waals surface area contributed by atoms with Gasteiger partial charge in [0.2, 0.25) is 5.91 Å². The van der Waals surface area contributed by atoms with Crippen molar-refractivity contribution >= 4 is 17.5 Å². The fourth-order valence-corrected chi connectivity index (χ4v) is 3.63. The van der Waals surface area contributed by atoms with Gasteiger partial charge in [0.1, 0.15) is 12.4 Å². The number of benzene rings is 1. The Balaban J connectivity index is 1.89. The average Bonchev–Trinajstić information content (AvgIpc) is 3.54. The Labute approximate surface area is 173 Å². The van der Waals surface area contributed by atoms with Crippen LogP contribution in [0.4, 0.5) is 5.69 Å². The van der Waals surface area contributed by atoms with E-state index in [0.29, 0.717) is 30.2 Å². The van der Waals surface area contributed by atoms with Gasteiger partial charge in [-0.05, 0) is 50.9 Å². The van der Waals surface area contributed by atoms with Crippen LogP contribution in [0.1, 0.15) is 37.0 Å². The van der Waals surface area contributed by atoms with Gasteiger partial charge in [0.25, 0.3) is 5.91 Å². The quantitative estimate of drug-likeness (QED) is 0.840. The summed E-state index contributed by atoms with van der Waals surface area (Å²) in [6.07, 6.45) is 1.80. The maximum absolute atomic E-state index is 13.2. The van der Waals surface area contributed by atoms with Crippen LogP contribution in [0.3, 0.4) is 0 Å². The SMILES string of the molecule is CO[C@@H]1CN(C)C(=O)c2cc(NC(=O)C3CC3)ccc2OC[C@@H](C)N(C)C[C@@H]1C. The first kappa shape index (κ1) is 21.6. The molecule has 7 nitrogen and oxygen atoms in total. The number of anilines is 1. The van der Waals surface area contributed by atoms with Crippen LogP contribution in [0.25, 0.3) is 0 Å². The fraction of sp³-hybridized carbons (Fsp3) is 0.636. The third-order valence-corrected chi connectivity index (χ3v) is 5.97. The second-order valence-corrected chi connectivity index (χ2v) is 8.51. The van der Waals surface area contributed by atoms with Gasteiger partial charge in [-0.25, -0.2) is 0 Å². The molecule has 0 aromatic heterocycles. The largest absolute Gasteiger partial charge is 0.491 e. The molecule has 1 N–H and O–H groups in total. The zero-order chi connectivity index (χ0) is 21.1. The maximum atomic E-state index is 13.2. The maximum Gasteiger partial charge on any atom is 0.257 e. The van der Waals surface area contributed by atoms with E-state index in [9.17, 15) is 9.59 Å². The molecule has 29 heavy (non-hydrogen) atoms. The van der Waals surface area contributed by atoms with Crippen LogP contribution < -0.4 is 10.1 Å². The molecule has 1 heterocycles. The van der Waals surface area contributed by atoms with E-state index < -0.39 is 0 Å². The summed E-state index contributed by atoms with van der Waals surface area (Å²) in [7, 11) is 5.55. The van der Waals surface area contributed by atoms with Crippen molar-refractivity contribution in [2.45, 2.75) is 38.8 Å². The summed E-state index contributed by atoms with van der Waals surface area (Å²) in [6.45, 7) is 6.06. The Morgan fingerprint density at radius 1 is 1.21 bits per heavy atom. The van der Waals surface area contributed by atoms with Crippen molar-refractivity contribution in [3.63, 3.8) is 0 Å².